The second-order valence-electron chi connectivity index (χ2n) is 8.45. The predicted molar refractivity (Wildman–Crippen MR) is 138 cm³/mol. The summed E-state index contributed by atoms with van der Waals surface area (Å²) in [6.45, 7) is 6.48. The average Bonchev–Trinajstić information content (AvgIpc) is 3.32. The van der Waals surface area contributed by atoms with E-state index in [1.165, 1.54) is 5.56 Å². The van der Waals surface area contributed by atoms with Gasteiger partial charge in [-0.2, -0.15) is 0 Å². The van der Waals surface area contributed by atoms with E-state index in [2.05, 4.69) is 28.2 Å². The number of carbonyl (C=O) groups excluding carboxylic acids is 2. The number of esters is 2. The smallest absolute Gasteiger partial charge is 0.306 e. The second-order valence-corrected chi connectivity index (χ2v) is 8.45. The number of nitrogens with zero attached hydrogens (tertiary/aromatic N) is 4. The lowest BCUT2D eigenvalue weighted by Crippen LogP contribution is -2.07. The molecule has 36 heavy (non-hydrogen) atoms. The van der Waals surface area contributed by atoms with Gasteiger partial charge < -0.3 is 23.7 Å². The Hall–Kier alpha value is -3.88. The highest BCUT2D eigenvalue weighted by Gasteiger charge is 2.11. The summed E-state index contributed by atoms with van der Waals surface area (Å²) < 4.78 is 13.8. The van der Waals surface area contributed by atoms with E-state index in [-0.39, 0.29) is 17.7 Å². The first-order chi connectivity index (χ1) is 17.2. The molecule has 0 aliphatic carbocycles. The van der Waals surface area contributed by atoms with E-state index in [1.807, 2.05) is 43.1 Å². The van der Waals surface area contributed by atoms with Crippen LogP contribution in [-0.2, 0) is 46.0 Å². The summed E-state index contributed by atoms with van der Waals surface area (Å²) in [6, 6.07) is 11.2. The number of aromatic hydroxyl groups is 1. The number of hydrogen-bond donors (Lipinski definition) is 1. The van der Waals surface area contributed by atoms with Crippen LogP contribution in [0.2, 0.25) is 0 Å². The van der Waals surface area contributed by atoms with Crippen molar-refractivity contribution in [3.05, 3.63) is 53.6 Å². The highest BCUT2D eigenvalue weighted by atomic mass is 16.5. The number of carbonyl (C=O) groups is 2. The van der Waals surface area contributed by atoms with Crippen LogP contribution >= 0.6 is 0 Å². The Kier molecular flexibility index (Phi) is 9.05. The molecule has 192 valence electrons. The van der Waals surface area contributed by atoms with E-state index in [4.69, 9.17) is 9.47 Å². The predicted octanol–water partition coefficient (Wildman–Crippen LogP) is 4.15. The molecule has 0 amide bonds. The van der Waals surface area contributed by atoms with Crippen LogP contribution in [-0.4, -0.2) is 49.4 Å². The lowest BCUT2D eigenvalue weighted by molar-refractivity contribution is -0.144. The quantitative estimate of drug-likeness (QED) is 0.367. The maximum atomic E-state index is 11.3. The summed E-state index contributed by atoms with van der Waals surface area (Å²) in [5.74, 6) is 1.54. The first-order valence-electron chi connectivity index (χ1n) is 12.1. The number of aromatic nitrogens is 4. The highest BCUT2D eigenvalue weighted by Crippen LogP contribution is 2.21. The third kappa shape index (κ3) is 6.62. The molecule has 0 spiro atoms. The van der Waals surface area contributed by atoms with Crippen LogP contribution in [0, 0.1) is 6.92 Å². The fraction of sp³-hybridized carbons (Fsp3) is 0.407. The van der Waals surface area contributed by atoms with Crippen LogP contribution in [0.5, 0.6) is 5.75 Å². The summed E-state index contributed by atoms with van der Waals surface area (Å²) in [7, 11) is 3.87. The first kappa shape index (κ1) is 26.7. The Labute approximate surface area is 210 Å². The number of phenolic OH excluding ortho intramolecular Hbond substituents is 1. The van der Waals surface area contributed by atoms with E-state index in [0.717, 1.165) is 33.7 Å². The molecule has 0 unspecified atom stereocenters. The van der Waals surface area contributed by atoms with Gasteiger partial charge in [-0.1, -0.05) is 6.07 Å². The molecule has 2 aromatic heterocycles. The number of phenols is 1. The summed E-state index contributed by atoms with van der Waals surface area (Å²) in [6.07, 6.45) is 1.84. The summed E-state index contributed by atoms with van der Waals surface area (Å²) in [5.41, 5.74) is 4.94. The molecule has 2 aromatic carbocycles. The molecule has 0 aliphatic heterocycles. The summed E-state index contributed by atoms with van der Waals surface area (Å²) in [4.78, 5) is 31.6. The Balaban J connectivity index is 0.000000201. The van der Waals surface area contributed by atoms with Gasteiger partial charge in [0.05, 0.1) is 48.1 Å². The topological polar surface area (TPSA) is 108 Å². The fourth-order valence-electron chi connectivity index (χ4n) is 3.94. The first-order valence-corrected chi connectivity index (χ1v) is 12.1. The van der Waals surface area contributed by atoms with Crippen molar-refractivity contribution >= 4 is 34.0 Å². The zero-order chi connectivity index (χ0) is 26.2. The van der Waals surface area contributed by atoms with Gasteiger partial charge in [0, 0.05) is 33.0 Å². The van der Waals surface area contributed by atoms with Crippen LogP contribution in [0.3, 0.4) is 0 Å². The van der Waals surface area contributed by atoms with Crippen molar-refractivity contribution in [2.24, 2.45) is 14.1 Å². The van der Waals surface area contributed by atoms with Gasteiger partial charge in [-0.25, -0.2) is 9.97 Å². The molecule has 0 bridgehead atoms. The van der Waals surface area contributed by atoms with Gasteiger partial charge in [-0.3, -0.25) is 9.59 Å². The number of ether oxygens (including phenoxy) is 2. The van der Waals surface area contributed by atoms with E-state index in [0.29, 0.717) is 38.9 Å². The van der Waals surface area contributed by atoms with Gasteiger partial charge in [0.1, 0.15) is 17.4 Å². The van der Waals surface area contributed by atoms with Crippen molar-refractivity contribution < 1.29 is 24.2 Å². The summed E-state index contributed by atoms with van der Waals surface area (Å²) in [5, 5.41) is 9.40. The van der Waals surface area contributed by atoms with Gasteiger partial charge >= 0.3 is 11.9 Å². The largest absolute Gasteiger partial charge is 0.508 e. The molecule has 4 aromatic rings. The molecule has 9 heteroatoms. The SMILES string of the molecule is CCOC(=O)CCc1nc2cc(C)ccc2n1C.CCOC(=O)CCc1nc2cc(O)ccc2n1C. The summed E-state index contributed by atoms with van der Waals surface area (Å²) >= 11 is 0. The van der Waals surface area contributed by atoms with Crippen LogP contribution in [0.25, 0.3) is 22.1 Å². The third-order valence-corrected chi connectivity index (χ3v) is 5.80. The molecule has 9 nitrogen and oxygen atoms in total. The van der Waals surface area contributed by atoms with Crippen molar-refractivity contribution in [3.63, 3.8) is 0 Å². The van der Waals surface area contributed by atoms with E-state index >= 15 is 0 Å². The fourth-order valence-corrected chi connectivity index (χ4v) is 3.94. The molecule has 0 radical (unpaired) electrons. The monoisotopic (exact) mass is 494 g/mol. The Morgan fingerprint density at radius 1 is 0.806 bits per heavy atom. The minimum atomic E-state index is -0.215. The molecule has 2 heterocycles. The van der Waals surface area contributed by atoms with Crippen molar-refractivity contribution in [2.75, 3.05) is 13.2 Å². The van der Waals surface area contributed by atoms with Gasteiger partial charge in [-0.05, 0) is 50.6 Å². The normalized spacial score (nSPS) is 10.8. The van der Waals surface area contributed by atoms with E-state index < -0.39 is 0 Å². The standard InChI is InChI=1S/C14H18N2O2.C13H16N2O3/c1-4-18-14(17)8-7-13-15-11-9-10(2)5-6-12(11)16(13)3;1-3-18-13(17)7-6-12-14-10-8-9(16)4-5-11(10)15(12)2/h5-6,9H,4,7-8H2,1-3H3;4-5,8,16H,3,6-7H2,1-2H3. The minimum Gasteiger partial charge on any atom is -0.508 e. The zero-order valence-corrected chi connectivity index (χ0v) is 21.6. The maximum Gasteiger partial charge on any atom is 0.306 e. The minimum absolute atomic E-state index is 0.166. The maximum absolute atomic E-state index is 11.3. The molecule has 0 aliphatic rings. The zero-order valence-electron chi connectivity index (χ0n) is 21.6. The Bertz CT molecular complexity index is 1250. The number of fused-ring (bicyclic) bond motifs is 2. The number of aryl methyl sites for hydroxylation is 5. The van der Waals surface area contributed by atoms with Crippen molar-refractivity contribution in [3.8, 4) is 5.75 Å². The molecular formula is C27H34N4O5. The van der Waals surface area contributed by atoms with Crippen molar-refractivity contribution in [1.82, 2.24) is 19.1 Å². The average molecular weight is 495 g/mol. The van der Waals surface area contributed by atoms with Crippen LogP contribution in [0.15, 0.2) is 36.4 Å². The van der Waals surface area contributed by atoms with Crippen LogP contribution in [0.1, 0.15) is 43.9 Å². The molecule has 0 saturated carbocycles. The second kappa shape index (κ2) is 12.2. The van der Waals surface area contributed by atoms with Gasteiger partial charge in [0.2, 0.25) is 0 Å². The third-order valence-electron chi connectivity index (χ3n) is 5.80. The molecule has 0 atom stereocenters. The molecule has 0 saturated heterocycles. The van der Waals surface area contributed by atoms with Crippen molar-refractivity contribution in [2.45, 2.75) is 46.5 Å². The Morgan fingerprint density at radius 3 is 1.78 bits per heavy atom. The van der Waals surface area contributed by atoms with Crippen LogP contribution < -0.4 is 0 Å². The number of hydrogen-bond acceptors (Lipinski definition) is 7. The molecular weight excluding hydrogens is 460 g/mol. The Morgan fingerprint density at radius 2 is 1.28 bits per heavy atom. The van der Waals surface area contributed by atoms with E-state index in [9.17, 15) is 14.7 Å². The van der Waals surface area contributed by atoms with Gasteiger partial charge in [0.15, 0.2) is 0 Å². The molecule has 1 N–H and O–H groups in total. The number of rotatable bonds is 8. The molecule has 4 rings (SSSR count). The number of imidazole rings is 2. The van der Waals surface area contributed by atoms with Gasteiger partial charge in [0.25, 0.3) is 0 Å². The lowest BCUT2D eigenvalue weighted by atomic mass is 10.2. The van der Waals surface area contributed by atoms with Crippen molar-refractivity contribution in [1.29, 1.82) is 0 Å². The number of benzene rings is 2. The molecule has 0 fully saturated rings. The van der Waals surface area contributed by atoms with E-state index in [1.54, 1.807) is 19.1 Å². The highest BCUT2D eigenvalue weighted by molar-refractivity contribution is 5.78. The lowest BCUT2D eigenvalue weighted by Gasteiger charge is -2.02. The van der Waals surface area contributed by atoms with Gasteiger partial charge in [-0.15, -0.1) is 0 Å². The van der Waals surface area contributed by atoms with Crippen LogP contribution in [0.4, 0.5) is 0 Å².